The quantitative estimate of drug-likeness (QED) is 0.457. The average Bonchev–Trinajstić information content (AvgIpc) is 2.99. The van der Waals surface area contributed by atoms with Gasteiger partial charge in [0, 0.05) is 25.9 Å². The molecule has 2 amide bonds. The van der Waals surface area contributed by atoms with Crippen molar-refractivity contribution in [3.05, 3.63) is 59.9 Å². The Kier molecular flexibility index (Phi) is 7.19. The zero-order valence-corrected chi connectivity index (χ0v) is 18.1. The highest BCUT2D eigenvalue weighted by Crippen LogP contribution is 2.37. The number of carbonyl (C=O) groups excluding carboxylic acids is 2. The highest BCUT2D eigenvalue weighted by Gasteiger charge is 2.53. The molecule has 0 spiro atoms. The summed E-state index contributed by atoms with van der Waals surface area (Å²) in [4.78, 5) is 27.8. The summed E-state index contributed by atoms with van der Waals surface area (Å²) in [6.45, 7) is 0.851. The molecule has 0 saturated carbocycles. The van der Waals surface area contributed by atoms with Crippen LogP contribution in [0.15, 0.2) is 48.5 Å². The fourth-order valence-corrected chi connectivity index (χ4v) is 3.97. The number of ether oxygens (including phenoxy) is 2. The van der Waals surface area contributed by atoms with Gasteiger partial charge in [-0.15, -0.1) is 0 Å². The van der Waals surface area contributed by atoms with Crippen LogP contribution in [0.25, 0.3) is 0 Å². The summed E-state index contributed by atoms with van der Waals surface area (Å²) in [6.07, 6.45) is 0.387. The van der Waals surface area contributed by atoms with Crippen molar-refractivity contribution in [3.8, 4) is 5.75 Å². The second-order valence-electron chi connectivity index (χ2n) is 7.08. The normalized spacial score (nSPS) is 18.1. The van der Waals surface area contributed by atoms with Gasteiger partial charge in [-0.05, 0) is 60.6 Å². The lowest BCUT2D eigenvalue weighted by Crippen LogP contribution is -2.49. The van der Waals surface area contributed by atoms with Gasteiger partial charge >= 0.3 is 0 Å². The van der Waals surface area contributed by atoms with Crippen LogP contribution in [0.4, 0.5) is 10.1 Å². The topological polar surface area (TPSA) is 79.9 Å². The summed E-state index contributed by atoms with van der Waals surface area (Å²) in [5, 5.41) is 5.70. The van der Waals surface area contributed by atoms with Crippen LogP contribution in [-0.2, 0) is 19.9 Å². The third-order valence-corrected chi connectivity index (χ3v) is 5.47. The summed E-state index contributed by atoms with van der Waals surface area (Å²) < 4.78 is 23.8. The van der Waals surface area contributed by atoms with Crippen molar-refractivity contribution < 1.29 is 23.5 Å². The molecule has 1 heterocycles. The molecule has 0 aliphatic carbocycles. The molecule has 2 aromatic rings. The van der Waals surface area contributed by atoms with Crippen LogP contribution in [0.2, 0.25) is 0 Å². The maximum atomic E-state index is 13.6. The lowest BCUT2D eigenvalue weighted by molar-refractivity contribution is -0.131. The predicted octanol–water partition coefficient (Wildman–Crippen LogP) is 2.81. The van der Waals surface area contributed by atoms with E-state index in [4.69, 9.17) is 21.7 Å². The molecule has 0 radical (unpaired) electrons. The van der Waals surface area contributed by atoms with Crippen molar-refractivity contribution >= 4 is 34.8 Å². The number of benzene rings is 2. The first-order chi connectivity index (χ1) is 14.9. The van der Waals surface area contributed by atoms with Crippen molar-refractivity contribution in [2.24, 2.45) is 0 Å². The van der Waals surface area contributed by atoms with Gasteiger partial charge in [-0.3, -0.25) is 9.59 Å². The third kappa shape index (κ3) is 4.83. The molecule has 0 bridgehead atoms. The smallest absolute Gasteiger partial charge is 0.257 e. The number of carbonyl (C=O) groups is 2. The van der Waals surface area contributed by atoms with E-state index < -0.39 is 17.3 Å². The Morgan fingerprint density at radius 3 is 2.45 bits per heavy atom. The summed E-state index contributed by atoms with van der Waals surface area (Å²) in [6, 6.07) is 12.4. The van der Waals surface area contributed by atoms with Crippen molar-refractivity contribution in [2.45, 2.75) is 18.4 Å². The number of amides is 2. The first-order valence-electron chi connectivity index (χ1n) is 9.72. The second kappa shape index (κ2) is 9.84. The number of nitrogens with zero attached hydrogens (tertiary/aromatic N) is 1. The van der Waals surface area contributed by atoms with E-state index in [2.05, 4.69) is 10.6 Å². The molecular weight excluding hydrogens is 421 g/mol. The Balaban J connectivity index is 1.93. The molecule has 1 unspecified atom stereocenters. The van der Waals surface area contributed by atoms with Gasteiger partial charge in [0.15, 0.2) is 10.7 Å². The highest BCUT2D eigenvalue weighted by atomic mass is 32.1. The molecule has 1 fully saturated rings. The fraction of sp³-hybridized carbons (Fsp3) is 0.318. The zero-order chi connectivity index (χ0) is 22.4. The van der Waals surface area contributed by atoms with Crippen LogP contribution >= 0.6 is 12.2 Å². The van der Waals surface area contributed by atoms with E-state index in [9.17, 15) is 14.0 Å². The van der Waals surface area contributed by atoms with Crippen molar-refractivity contribution in [2.75, 3.05) is 32.7 Å². The summed E-state index contributed by atoms with van der Waals surface area (Å²) in [5.41, 5.74) is -0.352. The summed E-state index contributed by atoms with van der Waals surface area (Å²) in [5.74, 6) is -0.586. The monoisotopic (exact) mass is 445 g/mol. The van der Waals surface area contributed by atoms with Crippen LogP contribution in [0.5, 0.6) is 5.75 Å². The van der Waals surface area contributed by atoms with Crippen LogP contribution in [0, 0.1) is 5.82 Å². The van der Waals surface area contributed by atoms with E-state index in [0.717, 1.165) is 0 Å². The molecule has 31 heavy (non-hydrogen) atoms. The lowest BCUT2D eigenvalue weighted by Gasteiger charge is -2.36. The number of methoxy groups -OCH3 is 2. The van der Waals surface area contributed by atoms with E-state index in [1.165, 1.54) is 24.3 Å². The number of thiocarbonyl (C=S) groups is 1. The third-order valence-electron chi connectivity index (χ3n) is 5.14. The van der Waals surface area contributed by atoms with Crippen molar-refractivity contribution in [1.82, 2.24) is 10.2 Å². The van der Waals surface area contributed by atoms with Crippen LogP contribution in [0.3, 0.4) is 0 Å². The maximum absolute atomic E-state index is 13.6. The van der Waals surface area contributed by atoms with Crippen LogP contribution in [0.1, 0.15) is 18.4 Å². The molecule has 1 aliphatic heterocycles. The number of anilines is 1. The molecular formula is C22H24FN3O4S. The Morgan fingerprint density at radius 2 is 1.84 bits per heavy atom. The summed E-state index contributed by atoms with van der Waals surface area (Å²) >= 11 is 5.39. The molecule has 7 nitrogen and oxygen atoms in total. The minimum Gasteiger partial charge on any atom is -0.497 e. The van der Waals surface area contributed by atoms with Gasteiger partial charge in [-0.1, -0.05) is 12.1 Å². The van der Waals surface area contributed by atoms with Crippen LogP contribution < -0.4 is 15.4 Å². The predicted molar refractivity (Wildman–Crippen MR) is 118 cm³/mol. The molecule has 0 aromatic heterocycles. The lowest BCUT2D eigenvalue weighted by atomic mass is 9.84. The van der Waals surface area contributed by atoms with Gasteiger partial charge in [0.1, 0.15) is 11.6 Å². The molecule has 1 aliphatic rings. The number of rotatable bonds is 9. The Morgan fingerprint density at radius 1 is 1.16 bits per heavy atom. The van der Waals surface area contributed by atoms with Crippen molar-refractivity contribution in [3.63, 3.8) is 0 Å². The highest BCUT2D eigenvalue weighted by molar-refractivity contribution is 7.80. The van der Waals surface area contributed by atoms with Gasteiger partial charge in [0.05, 0.1) is 13.5 Å². The molecule has 3 rings (SSSR count). The molecule has 164 valence electrons. The Bertz CT molecular complexity index is 952. The summed E-state index contributed by atoms with van der Waals surface area (Å²) in [7, 11) is 3.14. The minimum absolute atomic E-state index is 0.205. The second-order valence-corrected chi connectivity index (χ2v) is 7.46. The van der Waals surface area contributed by atoms with Gasteiger partial charge in [-0.25, -0.2) is 4.39 Å². The average molecular weight is 446 g/mol. The molecule has 1 saturated heterocycles. The van der Waals surface area contributed by atoms with Gasteiger partial charge in [-0.2, -0.15) is 0 Å². The van der Waals surface area contributed by atoms with E-state index in [1.807, 2.05) is 0 Å². The van der Waals surface area contributed by atoms with E-state index >= 15 is 0 Å². The number of nitrogens with one attached hydrogen (secondary N) is 2. The Labute approximate surface area is 185 Å². The molecule has 1 atom stereocenters. The standard InChI is InChI=1S/C22H24FN3O4S/c1-29-13-3-12-26-21(31)25-20(28)22(26,15-4-6-16(23)7-5-15)14-19(27)24-17-8-10-18(30-2)11-9-17/h4-11H,3,12-14H2,1-2H3,(H,24,27)(H,25,28,31). The van der Waals surface area contributed by atoms with E-state index in [1.54, 1.807) is 43.4 Å². The first-order valence-corrected chi connectivity index (χ1v) is 10.1. The number of halogens is 1. The van der Waals surface area contributed by atoms with Gasteiger partial charge in [0.2, 0.25) is 5.91 Å². The minimum atomic E-state index is -1.39. The zero-order valence-electron chi connectivity index (χ0n) is 17.3. The largest absolute Gasteiger partial charge is 0.497 e. The van der Waals surface area contributed by atoms with Crippen LogP contribution in [-0.4, -0.2) is 49.2 Å². The van der Waals surface area contributed by atoms with Gasteiger partial charge in [0.25, 0.3) is 5.91 Å². The number of hydrogen-bond donors (Lipinski definition) is 2. The van der Waals surface area contributed by atoms with E-state index in [-0.39, 0.29) is 17.4 Å². The van der Waals surface area contributed by atoms with Gasteiger partial charge < -0.3 is 25.0 Å². The molecule has 2 aromatic carbocycles. The SMILES string of the molecule is COCCCN1C(=S)NC(=O)C1(CC(=O)Nc1ccc(OC)cc1)c1ccc(F)cc1. The Hall–Kier alpha value is -3.04. The molecule has 2 N–H and O–H groups in total. The maximum Gasteiger partial charge on any atom is 0.257 e. The van der Waals surface area contributed by atoms with Crippen molar-refractivity contribution in [1.29, 1.82) is 0 Å². The first kappa shape index (κ1) is 22.6. The molecule has 9 heteroatoms. The fourth-order valence-electron chi connectivity index (χ4n) is 3.63. The van der Waals surface area contributed by atoms with E-state index in [0.29, 0.717) is 36.6 Å². The number of hydrogen-bond acceptors (Lipinski definition) is 5.